The number of hydrogen-bond acceptors (Lipinski definition) is 8. The third-order valence-electron chi connectivity index (χ3n) is 4.68. The third kappa shape index (κ3) is 4.11. The van der Waals surface area contributed by atoms with Crippen molar-refractivity contribution in [1.29, 1.82) is 0 Å². The van der Waals surface area contributed by atoms with Gasteiger partial charge < -0.3 is 14.5 Å². The summed E-state index contributed by atoms with van der Waals surface area (Å²) in [6, 6.07) is 5.39. The van der Waals surface area contributed by atoms with Crippen LogP contribution in [0.25, 0.3) is 0 Å². The maximum atomic E-state index is 12.8. The molecule has 0 aliphatic carbocycles. The number of rotatable bonds is 4. The van der Waals surface area contributed by atoms with Gasteiger partial charge in [-0.25, -0.2) is 18.4 Å². The summed E-state index contributed by atoms with van der Waals surface area (Å²) >= 11 is 4.57. The highest BCUT2D eigenvalue weighted by molar-refractivity contribution is 9.11. The summed E-state index contributed by atoms with van der Waals surface area (Å²) in [5.74, 6) is 1.73. The molecule has 2 aliphatic heterocycles. The molecule has 0 N–H and O–H groups in total. The number of piperazine rings is 1. The van der Waals surface area contributed by atoms with Gasteiger partial charge in [-0.1, -0.05) is 0 Å². The Kier molecular flexibility index (Phi) is 5.65. The minimum Gasteiger partial charge on any atom is -0.378 e. The van der Waals surface area contributed by atoms with Gasteiger partial charge in [0.1, 0.15) is 22.2 Å². The maximum absolute atomic E-state index is 12.8. The van der Waals surface area contributed by atoms with Gasteiger partial charge in [-0.15, -0.1) is 11.3 Å². The first kappa shape index (κ1) is 19.1. The van der Waals surface area contributed by atoms with E-state index < -0.39 is 10.0 Å². The molecule has 27 heavy (non-hydrogen) atoms. The Hall–Kier alpha value is -1.27. The number of halogens is 1. The van der Waals surface area contributed by atoms with Crippen LogP contribution in [-0.4, -0.2) is 75.2 Å². The molecule has 0 radical (unpaired) electrons. The highest BCUT2D eigenvalue weighted by Crippen LogP contribution is 2.29. The second-order valence-electron chi connectivity index (χ2n) is 6.28. The lowest BCUT2D eigenvalue weighted by Gasteiger charge is -2.35. The molecule has 11 heteroatoms. The lowest BCUT2D eigenvalue weighted by Crippen LogP contribution is -2.48. The number of nitrogens with zero attached hydrogens (tertiary/aromatic N) is 5. The Morgan fingerprint density at radius 3 is 2.19 bits per heavy atom. The molecule has 8 nitrogen and oxygen atoms in total. The first-order chi connectivity index (χ1) is 13.0. The minimum atomic E-state index is -3.43. The Morgan fingerprint density at radius 2 is 1.59 bits per heavy atom. The number of aromatic nitrogens is 2. The monoisotopic (exact) mass is 473 g/mol. The number of morpholine rings is 1. The molecule has 0 atom stereocenters. The summed E-state index contributed by atoms with van der Waals surface area (Å²) in [5, 5.41) is 0. The molecule has 4 rings (SSSR count). The van der Waals surface area contributed by atoms with Crippen LogP contribution in [0.5, 0.6) is 0 Å². The lowest BCUT2D eigenvalue weighted by atomic mass is 10.3. The third-order valence-corrected chi connectivity index (χ3v) is 8.67. The van der Waals surface area contributed by atoms with Crippen LogP contribution in [0.4, 0.5) is 11.6 Å². The van der Waals surface area contributed by atoms with Gasteiger partial charge in [-0.3, -0.25) is 0 Å². The van der Waals surface area contributed by atoms with Gasteiger partial charge in [0, 0.05) is 45.3 Å². The molecule has 0 spiro atoms. The molecule has 146 valence electrons. The number of sulfonamides is 1. The molecule has 0 amide bonds. The zero-order valence-electron chi connectivity index (χ0n) is 14.6. The smallest absolute Gasteiger partial charge is 0.252 e. The van der Waals surface area contributed by atoms with Gasteiger partial charge in [0.2, 0.25) is 0 Å². The summed E-state index contributed by atoms with van der Waals surface area (Å²) in [4.78, 5) is 13.1. The van der Waals surface area contributed by atoms with Crippen LogP contribution in [-0.2, 0) is 14.8 Å². The molecule has 2 aromatic heterocycles. The van der Waals surface area contributed by atoms with Crippen molar-refractivity contribution < 1.29 is 13.2 Å². The number of thiophene rings is 1. The molecule has 4 heterocycles. The Balaban J connectivity index is 1.43. The fourth-order valence-corrected chi connectivity index (χ4v) is 6.78. The van der Waals surface area contributed by atoms with Crippen LogP contribution >= 0.6 is 27.3 Å². The molecule has 0 aromatic carbocycles. The predicted octanol–water partition coefficient (Wildman–Crippen LogP) is 1.65. The molecule has 0 saturated carbocycles. The van der Waals surface area contributed by atoms with Crippen LogP contribution < -0.4 is 9.80 Å². The van der Waals surface area contributed by atoms with Crippen molar-refractivity contribution in [2.45, 2.75) is 4.21 Å². The van der Waals surface area contributed by atoms with Gasteiger partial charge in [-0.2, -0.15) is 4.31 Å². The molecule has 2 aliphatic rings. The molecule has 0 bridgehead atoms. The number of ether oxygens (including phenoxy) is 1. The molecular formula is C16H20BrN5O3S2. The minimum absolute atomic E-state index is 0.375. The summed E-state index contributed by atoms with van der Waals surface area (Å²) in [5.41, 5.74) is 0. The number of hydrogen-bond donors (Lipinski definition) is 0. The van der Waals surface area contributed by atoms with Crippen LogP contribution in [0.15, 0.2) is 32.5 Å². The van der Waals surface area contributed by atoms with Gasteiger partial charge >= 0.3 is 0 Å². The maximum Gasteiger partial charge on any atom is 0.252 e. The highest BCUT2D eigenvalue weighted by Gasteiger charge is 2.30. The average Bonchev–Trinajstić information content (AvgIpc) is 3.16. The number of anilines is 2. The molecule has 2 aromatic rings. The van der Waals surface area contributed by atoms with E-state index in [1.165, 1.54) is 11.3 Å². The molecule has 0 unspecified atom stereocenters. The zero-order valence-corrected chi connectivity index (χ0v) is 17.8. The van der Waals surface area contributed by atoms with Gasteiger partial charge in [0.05, 0.1) is 17.0 Å². The first-order valence-corrected chi connectivity index (χ1v) is 11.7. The Morgan fingerprint density at radius 1 is 0.963 bits per heavy atom. The zero-order chi connectivity index (χ0) is 18.9. The van der Waals surface area contributed by atoms with Crippen molar-refractivity contribution in [1.82, 2.24) is 14.3 Å². The van der Waals surface area contributed by atoms with Crippen molar-refractivity contribution in [3.05, 3.63) is 28.3 Å². The van der Waals surface area contributed by atoms with E-state index in [9.17, 15) is 8.42 Å². The van der Waals surface area contributed by atoms with Crippen LogP contribution in [0, 0.1) is 0 Å². The van der Waals surface area contributed by atoms with Gasteiger partial charge in [-0.05, 0) is 28.1 Å². The molecule has 2 saturated heterocycles. The van der Waals surface area contributed by atoms with Crippen molar-refractivity contribution in [2.75, 3.05) is 62.3 Å². The second-order valence-corrected chi connectivity index (χ2v) is 10.9. The quantitative estimate of drug-likeness (QED) is 0.667. The average molecular weight is 474 g/mol. The van der Waals surface area contributed by atoms with Crippen molar-refractivity contribution >= 4 is 48.9 Å². The van der Waals surface area contributed by atoms with E-state index in [4.69, 9.17) is 4.74 Å². The van der Waals surface area contributed by atoms with Crippen LogP contribution in [0.1, 0.15) is 0 Å². The van der Waals surface area contributed by atoms with E-state index in [1.54, 1.807) is 22.8 Å². The van der Waals surface area contributed by atoms with Crippen LogP contribution in [0.2, 0.25) is 0 Å². The fraction of sp³-hybridized carbons (Fsp3) is 0.500. The SMILES string of the molecule is O=S(=O)(c1ccc(Br)s1)N1CCN(c2cc(N3CCOCC3)ncn2)CC1. The van der Waals surface area contributed by atoms with E-state index in [-0.39, 0.29) is 0 Å². The summed E-state index contributed by atoms with van der Waals surface area (Å²) in [7, 11) is -3.43. The van der Waals surface area contributed by atoms with E-state index in [0.29, 0.717) is 43.6 Å². The standard InChI is InChI=1S/C16H20BrN5O3S2/c17-13-1-2-16(26-13)27(23,24)22-5-3-20(4-6-22)14-11-15(19-12-18-14)21-7-9-25-10-8-21/h1-2,11-12H,3-10H2. The van der Waals surface area contributed by atoms with E-state index in [0.717, 1.165) is 28.5 Å². The van der Waals surface area contributed by atoms with Crippen LogP contribution in [0.3, 0.4) is 0 Å². The van der Waals surface area contributed by atoms with E-state index in [2.05, 4.69) is 35.7 Å². The normalized spacial score (nSPS) is 19.4. The summed E-state index contributed by atoms with van der Waals surface area (Å²) < 4.78 is 33.6. The predicted molar refractivity (Wildman–Crippen MR) is 108 cm³/mol. The van der Waals surface area contributed by atoms with Gasteiger partial charge in [0.25, 0.3) is 10.0 Å². The van der Waals surface area contributed by atoms with Gasteiger partial charge in [0.15, 0.2) is 0 Å². The molecule has 2 fully saturated rings. The summed E-state index contributed by atoms with van der Waals surface area (Å²) in [6.45, 7) is 5.13. The Bertz CT molecular complexity index is 893. The van der Waals surface area contributed by atoms with E-state index in [1.807, 2.05) is 6.07 Å². The van der Waals surface area contributed by atoms with Crippen molar-refractivity contribution in [3.63, 3.8) is 0 Å². The highest BCUT2D eigenvalue weighted by atomic mass is 79.9. The summed E-state index contributed by atoms with van der Waals surface area (Å²) in [6.07, 6.45) is 1.58. The first-order valence-electron chi connectivity index (χ1n) is 8.69. The largest absolute Gasteiger partial charge is 0.378 e. The fourth-order valence-electron chi connectivity index (χ4n) is 3.20. The Labute approximate surface area is 170 Å². The second kappa shape index (κ2) is 8.00. The van der Waals surface area contributed by atoms with E-state index >= 15 is 0 Å². The molecular weight excluding hydrogens is 454 g/mol. The lowest BCUT2D eigenvalue weighted by molar-refractivity contribution is 0.122. The topological polar surface area (TPSA) is 78.9 Å². The van der Waals surface area contributed by atoms with Crippen molar-refractivity contribution in [3.8, 4) is 0 Å². The van der Waals surface area contributed by atoms with Crippen molar-refractivity contribution in [2.24, 2.45) is 0 Å².